The molecule has 1 heterocycles. The lowest BCUT2D eigenvalue weighted by Crippen LogP contribution is -2.56. The van der Waals surface area contributed by atoms with E-state index in [1.165, 1.54) is 21.6 Å². The Balaban J connectivity index is 2.55. The molecule has 0 aromatic carbocycles. The fourth-order valence-electron chi connectivity index (χ4n) is 3.59. The van der Waals surface area contributed by atoms with Crippen LogP contribution in [-0.4, -0.2) is 80.8 Å². The van der Waals surface area contributed by atoms with E-state index < -0.39 is 41.5 Å². The van der Waals surface area contributed by atoms with Gasteiger partial charge in [0.15, 0.2) is 6.10 Å². The molecule has 0 saturated heterocycles. The van der Waals surface area contributed by atoms with E-state index in [9.17, 15) is 29.4 Å². The number of aliphatic hydroxyl groups excluding tert-OH is 2. The van der Waals surface area contributed by atoms with Crippen molar-refractivity contribution in [3.63, 3.8) is 0 Å². The quantitative estimate of drug-likeness (QED) is 0.106. The minimum atomic E-state index is -1.64. The van der Waals surface area contributed by atoms with Crippen molar-refractivity contribution in [2.24, 2.45) is 11.1 Å². The summed E-state index contributed by atoms with van der Waals surface area (Å²) in [6.07, 6.45) is 0.264. The number of primary amides is 1. The second kappa shape index (κ2) is 17.7. The molecule has 1 rings (SSSR count). The van der Waals surface area contributed by atoms with Crippen LogP contribution in [0.5, 0.6) is 0 Å². The number of nitrogens with zero attached hydrogens (tertiary/aromatic N) is 1. The molecule has 0 aliphatic heterocycles. The average Bonchev–Trinajstić information content (AvgIpc) is 2.88. The lowest BCUT2D eigenvalue weighted by atomic mass is 9.87. The van der Waals surface area contributed by atoms with Crippen LogP contribution in [0.25, 0.3) is 0 Å². The third kappa shape index (κ3) is 15.6. The number of amides is 3. The smallest absolute Gasteiger partial charge is 0.251 e. The fourth-order valence-corrected chi connectivity index (χ4v) is 5.67. The molecule has 41 heavy (non-hydrogen) atoms. The van der Waals surface area contributed by atoms with Crippen LogP contribution in [0.4, 0.5) is 0 Å². The first-order valence-corrected chi connectivity index (χ1v) is 16.1. The maximum absolute atomic E-state index is 13.1. The Morgan fingerprint density at radius 3 is 2.22 bits per heavy atom. The fraction of sp³-hybridized carbons (Fsp3) is 0.679. The molecular weight excluding hydrogens is 566 g/mol. The molecule has 7 N–H and O–H groups in total. The van der Waals surface area contributed by atoms with E-state index in [2.05, 4.69) is 20.9 Å². The summed E-state index contributed by atoms with van der Waals surface area (Å²) in [5.41, 5.74) is 4.62. The molecule has 0 radical (unpaired) electrons. The van der Waals surface area contributed by atoms with Gasteiger partial charge in [0.2, 0.25) is 11.8 Å². The first kappa shape index (κ1) is 36.8. The summed E-state index contributed by atoms with van der Waals surface area (Å²) in [6, 6.07) is 4.06. The van der Waals surface area contributed by atoms with Crippen molar-refractivity contribution in [3.05, 3.63) is 24.4 Å². The second-order valence-corrected chi connectivity index (χ2v) is 14.3. The highest BCUT2D eigenvalue weighted by Crippen LogP contribution is 2.29. The number of pyridine rings is 1. The molecule has 3 amide bonds. The van der Waals surface area contributed by atoms with Gasteiger partial charge in [-0.1, -0.05) is 37.6 Å². The maximum atomic E-state index is 13.1. The van der Waals surface area contributed by atoms with Crippen molar-refractivity contribution in [2.75, 3.05) is 12.3 Å². The summed E-state index contributed by atoms with van der Waals surface area (Å²) in [4.78, 5) is 53.6. The number of nitrogens with one attached hydrogen (secondary N) is 3. The Bertz CT molecular complexity index is 984. The SMILES string of the molecule is CC(C)(C)NC(CCCCNC(=O)[C@@H](O)[C@H](O)CCC(=O)C(C)(C)C)C(=O)N[C@@H](CSSc1ccccn1)C(N)=O. The summed E-state index contributed by atoms with van der Waals surface area (Å²) in [5, 5.41) is 29.6. The van der Waals surface area contributed by atoms with Crippen LogP contribution in [0.2, 0.25) is 0 Å². The predicted octanol–water partition coefficient (Wildman–Crippen LogP) is 1.95. The molecule has 0 fully saturated rings. The summed E-state index contributed by atoms with van der Waals surface area (Å²) in [6.45, 7) is 11.3. The number of rotatable bonds is 18. The Morgan fingerprint density at radius 2 is 1.66 bits per heavy atom. The zero-order chi connectivity index (χ0) is 31.2. The Morgan fingerprint density at radius 1 is 0.976 bits per heavy atom. The van der Waals surface area contributed by atoms with Gasteiger partial charge in [-0.05, 0) is 69.4 Å². The third-order valence-corrected chi connectivity index (χ3v) is 8.23. The molecule has 1 unspecified atom stereocenters. The lowest BCUT2D eigenvalue weighted by Gasteiger charge is -2.29. The van der Waals surface area contributed by atoms with Crippen molar-refractivity contribution in [3.8, 4) is 0 Å². The summed E-state index contributed by atoms with van der Waals surface area (Å²) < 4.78 is 0. The number of aromatic nitrogens is 1. The zero-order valence-electron chi connectivity index (χ0n) is 24.9. The van der Waals surface area contributed by atoms with Gasteiger partial charge in [-0.2, -0.15) is 0 Å². The normalized spacial score (nSPS) is 14.9. The highest BCUT2D eigenvalue weighted by molar-refractivity contribution is 8.76. The molecule has 0 saturated carbocycles. The van der Waals surface area contributed by atoms with Gasteiger partial charge in [-0.15, -0.1) is 0 Å². The molecule has 1 aromatic heterocycles. The van der Waals surface area contributed by atoms with Crippen LogP contribution < -0.4 is 21.7 Å². The molecule has 0 spiro atoms. The van der Waals surface area contributed by atoms with E-state index in [4.69, 9.17) is 5.73 Å². The third-order valence-electron chi connectivity index (χ3n) is 5.96. The van der Waals surface area contributed by atoms with E-state index in [1.54, 1.807) is 27.0 Å². The van der Waals surface area contributed by atoms with Gasteiger partial charge in [0, 0.05) is 35.9 Å². The number of nitrogens with two attached hydrogens (primary N) is 1. The van der Waals surface area contributed by atoms with Crippen molar-refractivity contribution in [1.29, 1.82) is 0 Å². The summed E-state index contributed by atoms with van der Waals surface area (Å²) in [5.74, 6) is -1.48. The van der Waals surface area contributed by atoms with E-state index >= 15 is 0 Å². The topological polar surface area (TPSA) is 184 Å². The number of Topliss-reactive ketones (excluding diaryl/α,β-unsaturated/α-hetero) is 1. The van der Waals surface area contributed by atoms with Gasteiger partial charge >= 0.3 is 0 Å². The van der Waals surface area contributed by atoms with Crippen LogP contribution in [0.1, 0.15) is 73.6 Å². The van der Waals surface area contributed by atoms with Crippen LogP contribution >= 0.6 is 21.6 Å². The van der Waals surface area contributed by atoms with Crippen LogP contribution in [0.3, 0.4) is 0 Å². The molecule has 13 heteroatoms. The van der Waals surface area contributed by atoms with Crippen molar-refractivity contribution in [1.82, 2.24) is 20.9 Å². The number of aliphatic hydroxyl groups is 2. The van der Waals surface area contributed by atoms with Crippen molar-refractivity contribution in [2.45, 2.75) is 109 Å². The molecule has 4 atom stereocenters. The summed E-state index contributed by atoms with van der Waals surface area (Å²) in [7, 11) is 2.76. The van der Waals surface area contributed by atoms with E-state index in [0.29, 0.717) is 19.3 Å². The van der Waals surface area contributed by atoms with Crippen molar-refractivity contribution < 1.29 is 29.4 Å². The standard InChI is InChI=1S/C28H47N5O6S2/c1-27(2,3)21(35)14-13-20(34)23(36)26(39)31-16-9-7-11-18(33-28(4,5)6)25(38)32-19(24(29)37)17-40-41-22-12-8-10-15-30-22/h8,10,12,15,18-20,23,33-34,36H,7,9,11,13-14,16-17H2,1-6H3,(H2,29,37)(H,31,39)(H,32,38)/t18?,19-,20+,23-/m0/s1. The monoisotopic (exact) mass is 613 g/mol. The largest absolute Gasteiger partial charge is 0.390 e. The van der Waals surface area contributed by atoms with Gasteiger partial charge < -0.3 is 31.9 Å². The number of hydrogen-bond acceptors (Lipinski definition) is 10. The Labute approximate surface area is 251 Å². The molecule has 0 aliphatic carbocycles. The Hall–Kier alpha value is -2.19. The first-order valence-electron chi connectivity index (χ1n) is 13.8. The average molecular weight is 614 g/mol. The second-order valence-electron chi connectivity index (χ2n) is 12.0. The van der Waals surface area contributed by atoms with Crippen LogP contribution in [0.15, 0.2) is 29.4 Å². The minimum absolute atomic E-state index is 0.00735. The number of hydrogen-bond donors (Lipinski definition) is 6. The molecule has 1 aromatic rings. The molecule has 0 aliphatic rings. The number of carbonyl (C=O) groups is 4. The highest BCUT2D eigenvalue weighted by Gasteiger charge is 2.29. The van der Waals surface area contributed by atoms with Crippen LogP contribution in [-0.2, 0) is 19.2 Å². The van der Waals surface area contributed by atoms with Crippen molar-refractivity contribution >= 4 is 45.1 Å². The minimum Gasteiger partial charge on any atom is -0.390 e. The van der Waals surface area contributed by atoms with Gasteiger partial charge in [0.05, 0.1) is 12.1 Å². The molecular formula is C28H47N5O6S2. The predicted molar refractivity (Wildman–Crippen MR) is 163 cm³/mol. The molecule has 232 valence electrons. The lowest BCUT2D eigenvalue weighted by molar-refractivity contribution is -0.136. The number of unbranched alkanes of at least 4 members (excludes halogenated alkanes) is 1. The number of ketones is 1. The van der Waals surface area contributed by atoms with Gasteiger partial charge in [0.25, 0.3) is 5.91 Å². The number of carbonyl (C=O) groups excluding carboxylic acids is 4. The first-order chi connectivity index (χ1) is 19.0. The van der Waals surface area contributed by atoms with E-state index in [1.807, 2.05) is 39.0 Å². The molecule has 11 nitrogen and oxygen atoms in total. The highest BCUT2D eigenvalue weighted by atomic mass is 33.1. The van der Waals surface area contributed by atoms with E-state index in [-0.39, 0.29) is 42.4 Å². The summed E-state index contributed by atoms with van der Waals surface area (Å²) >= 11 is 0. The van der Waals surface area contributed by atoms with Crippen LogP contribution in [0, 0.1) is 5.41 Å². The zero-order valence-corrected chi connectivity index (χ0v) is 26.6. The Kier molecular flexibility index (Phi) is 15.9. The maximum Gasteiger partial charge on any atom is 0.251 e. The van der Waals surface area contributed by atoms with Gasteiger partial charge in [-0.25, -0.2) is 4.98 Å². The van der Waals surface area contributed by atoms with E-state index in [0.717, 1.165) is 5.03 Å². The molecule has 0 bridgehead atoms. The van der Waals surface area contributed by atoms with Gasteiger partial charge in [-0.3, -0.25) is 19.2 Å². The van der Waals surface area contributed by atoms with Gasteiger partial charge in [0.1, 0.15) is 16.9 Å².